The maximum absolute atomic E-state index is 12.7. The molecule has 3 heterocycles. The van der Waals surface area contributed by atoms with E-state index in [0.29, 0.717) is 32.5 Å². The number of aliphatic hydroxyl groups excluding tert-OH is 1. The number of piperidine rings is 1. The molecule has 2 saturated heterocycles. The van der Waals surface area contributed by atoms with Gasteiger partial charge in [-0.2, -0.15) is 5.10 Å². The molecule has 4 rings (SSSR count). The van der Waals surface area contributed by atoms with Crippen molar-refractivity contribution in [3.05, 3.63) is 30.5 Å². The van der Waals surface area contributed by atoms with Crippen LogP contribution in [0, 0.1) is 0 Å². The third-order valence-corrected chi connectivity index (χ3v) is 5.17. The molecular weight excluding hydrogens is 320 g/mol. The molecule has 0 unspecified atom stereocenters. The number of aryl methyl sites for hydroxylation is 1. The van der Waals surface area contributed by atoms with Gasteiger partial charge in [-0.1, -0.05) is 18.2 Å². The Morgan fingerprint density at radius 1 is 1.20 bits per heavy atom. The van der Waals surface area contributed by atoms with Crippen LogP contribution in [0.15, 0.2) is 30.5 Å². The largest absolute Gasteiger partial charge is 0.393 e. The van der Waals surface area contributed by atoms with Crippen molar-refractivity contribution in [2.45, 2.75) is 38.0 Å². The van der Waals surface area contributed by atoms with Gasteiger partial charge < -0.3 is 14.9 Å². The predicted octanol–water partition coefficient (Wildman–Crippen LogP) is 0.621. The second kappa shape index (κ2) is 6.48. The summed E-state index contributed by atoms with van der Waals surface area (Å²) in [6.07, 6.45) is 2.99. The first kappa shape index (κ1) is 16.1. The van der Waals surface area contributed by atoms with E-state index in [0.717, 1.165) is 17.3 Å². The monoisotopic (exact) mass is 342 g/mol. The van der Waals surface area contributed by atoms with E-state index in [1.165, 1.54) is 0 Å². The van der Waals surface area contributed by atoms with Gasteiger partial charge in [0.1, 0.15) is 6.04 Å². The second-order valence-corrected chi connectivity index (χ2v) is 6.82. The zero-order chi connectivity index (χ0) is 17.4. The van der Waals surface area contributed by atoms with Crippen LogP contribution in [0.3, 0.4) is 0 Å². The molecule has 2 fully saturated rings. The highest BCUT2D eigenvalue weighted by Crippen LogP contribution is 2.23. The number of aromatic nitrogens is 2. The van der Waals surface area contributed by atoms with Crippen LogP contribution in [0.1, 0.15) is 19.3 Å². The van der Waals surface area contributed by atoms with Crippen molar-refractivity contribution in [3.8, 4) is 0 Å². The van der Waals surface area contributed by atoms with Crippen molar-refractivity contribution in [1.82, 2.24) is 19.6 Å². The van der Waals surface area contributed by atoms with Gasteiger partial charge in [-0.15, -0.1) is 0 Å². The van der Waals surface area contributed by atoms with Gasteiger partial charge in [0.2, 0.25) is 11.8 Å². The minimum absolute atomic E-state index is 0.0129. The summed E-state index contributed by atoms with van der Waals surface area (Å²) in [5.74, 6) is -0.0512. The summed E-state index contributed by atoms with van der Waals surface area (Å²) in [5, 5.41) is 15.3. The minimum Gasteiger partial charge on any atom is -0.393 e. The highest BCUT2D eigenvalue weighted by Gasteiger charge is 2.42. The van der Waals surface area contributed by atoms with E-state index in [9.17, 15) is 14.7 Å². The van der Waals surface area contributed by atoms with Crippen LogP contribution in [0.25, 0.3) is 10.9 Å². The molecule has 1 aromatic heterocycles. The molecule has 132 valence electrons. The number of hydrogen-bond acceptors (Lipinski definition) is 4. The molecule has 1 aromatic carbocycles. The van der Waals surface area contributed by atoms with Crippen molar-refractivity contribution in [2.24, 2.45) is 0 Å². The van der Waals surface area contributed by atoms with Gasteiger partial charge in [0.15, 0.2) is 0 Å². The number of piperazine rings is 1. The van der Waals surface area contributed by atoms with Crippen LogP contribution in [-0.4, -0.2) is 68.3 Å². The quantitative estimate of drug-likeness (QED) is 0.883. The van der Waals surface area contributed by atoms with E-state index >= 15 is 0 Å². The van der Waals surface area contributed by atoms with Crippen molar-refractivity contribution in [1.29, 1.82) is 0 Å². The summed E-state index contributed by atoms with van der Waals surface area (Å²) in [7, 11) is 0. The molecule has 2 aliphatic rings. The molecule has 0 bridgehead atoms. The minimum atomic E-state index is -0.492. The average molecular weight is 342 g/mol. The standard InChI is InChI=1S/C18H22N4O3/c23-14-6-9-21-16(10-14)18(25)20(12-17(21)24)7-3-8-22-15-5-2-1-4-13(15)11-19-22/h1-2,4-5,11,14,16,23H,3,6-10,12H2/t14-,16+/m0/s1. The van der Waals surface area contributed by atoms with Gasteiger partial charge in [0.25, 0.3) is 0 Å². The predicted molar refractivity (Wildman–Crippen MR) is 91.7 cm³/mol. The van der Waals surface area contributed by atoms with E-state index < -0.39 is 12.1 Å². The first-order valence-corrected chi connectivity index (χ1v) is 8.80. The third kappa shape index (κ3) is 3.00. The summed E-state index contributed by atoms with van der Waals surface area (Å²) in [6.45, 7) is 1.84. The van der Waals surface area contributed by atoms with E-state index in [-0.39, 0.29) is 18.4 Å². The van der Waals surface area contributed by atoms with Crippen LogP contribution in [0.2, 0.25) is 0 Å². The maximum Gasteiger partial charge on any atom is 0.245 e. The number of amides is 2. The lowest BCUT2D eigenvalue weighted by Crippen LogP contribution is -2.62. The van der Waals surface area contributed by atoms with Gasteiger partial charge in [0, 0.05) is 31.4 Å². The Bertz CT molecular complexity index is 802. The topological polar surface area (TPSA) is 78.7 Å². The number of benzene rings is 1. The number of carbonyl (C=O) groups excluding carboxylic acids is 2. The number of hydrogen-bond donors (Lipinski definition) is 1. The van der Waals surface area contributed by atoms with Crippen LogP contribution < -0.4 is 0 Å². The van der Waals surface area contributed by atoms with E-state index in [1.807, 2.05) is 35.1 Å². The first-order valence-electron chi connectivity index (χ1n) is 8.80. The lowest BCUT2D eigenvalue weighted by Gasteiger charge is -2.44. The molecule has 0 radical (unpaired) electrons. The molecule has 25 heavy (non-hydrogen) atoms. The fourth-order valence-corrected chi connectivity index (χ4v) is 3.83. The van der Waals surface area contributed by atoms with Gasteiger partial charge in [-0.05, 0) is 18.9 Å². The molecular formula is C18H22N4O3. The molecule has 7 nitrogen and oxygen atoms in total. The Morgan fingerprint density at radius 3 is 2.92 bits per heavy atom. The molecule has 0 spiro atoms. The smallest absolute Gasteiger partial charge is 0.245 e. The molecule has 7 heteroatoms. The average Bonchev–Trinajstić information content (AvgIpc) is 3.02. The van der Waals surface area contributed by atoms with Gasteiger partial charge >= 0.3 is 0 Å². The summed E-state index contributed by atoms with van der Waals surface area (Å²) >= 11 is 0. The maximum atomic E-state index is 12.7. The summed E-state index contributed by atoms with van der Waals surface area (Å²) < 4.78 is 1.93. The highest BCUT2D eigenvalue weighted by molar-refractivity contribution is 5.95. The first-order chi connectivity index (χ1) is 12.1. The molecule has 2 aliphatic heterocycles. The molecule has 0 saturated carbocycles. The summed E-state index contributed by atoms with van der Waals surface area (Å²) in [4.78, 5) is 28.2. The normalized spacial score (nSPS) is 24.0. The number of para-hydroxylation sites is 1. The van der Waals surface area contributed by atoms with Crippen molar-refractivity contribution < 1.29 is 14.7 Å². The Hall–Kier alpha value is -2.41. The summed E-state index contributed by atoms with van der Waals surface area (Å²) in [5.41, 5.74) is 1.07. The van der Waals surface area contributed by atoms with Gasteiger partial charge in [-0.25, -0.2) is 0 Å². The lowest BCUT2D eigenvalue weighted by molar-refractivity contribution is -0.160. The van der Waals surface area contributed by atoms with E-state index in [2.05, 4.69) is 5.10 Å². The molecule has 1 N–H and O–H groups in total. The number of rotatable bonds is 4. The van der Waals surface area contributed by atoms with Crippen molar-refractivity contribution in [3.63, 3.8) is 0 Å². The Kier molecular flexibility index (Phi) is 4.17. The van der Waals surface area contributed by atoms with Crippen LogP contribution in [-0.2, 0) is 16.1 Å². The van der Waals surface area contributed by atoms with Crippen molar-refractivity contribution in [2.75, 3.05) is 19.6 Å². The van der Waals surface area contributed by atoms with Crippen LogP contribution in [0.5, 0.6) is 0 Å². The number of fused-ring (bicyclic) bond motifs is 2. The van der Waals surface area contributed by atoms with Crippen LogP contribution in [0.4, 0.5) is 0 Å². The zero-order valence-electron chi connectivity index (χ0n) is 14.0. The Balaban J connectivity index is 1.39. The number of carbonyl (C=O) groups is 2. The number of aliphatic hydroxyl groups is 1. The summed E-state index contributed by atoms with van der Waals surface area (Å²) in [6, 6.07) is 7.52. The highest BCUT2D eigenvalue weighted by atomic mass is 16.3. The SMILES string of the molecule is O=C1[C@H]2C[C@@H](O)CCN2C(=O)CN1CCCn1ncc2ccccc21. The van der Waals surface area contributed by atoms with E-state index in [4.69, 9.17) is 0 Å². The zero-order valence-corrected chi connectivity index (χ0v) is 14.0. The molecule has 2 atom stereocenters. The Labute approximate surface area is 145 Å². The molecule has 0 aliphatic carbocycles. The number of nitrogens with zero attached hydrogens (tertiary/aromatic N) is 4. The fraction of sp³-hybridized carbons (Fsp3) is 0.500. The molecule has 2 aromatic rings. The lowest BCUT2D eigenvalue weighted by atomic mass is 9.96. The second-order valence-electron chi connectivity index (χ2n) is 6.82. The van der Waals surface area contributed by atoms with E-state index in [1.54, 1.807) is 9.80 Å². The van der Waals surface area contributed by atoms with Crippen molar-refractivity contribution >= 4 is 22.7 Å². The van der Waals surface area contributed by atoms with Gasteiger partial charge in [-0.3, -0.25) is 14.3 Å². The van der Waals surface area contributed by atoms with Crippen LogP contribution >= 0.6 is 0 Å². The fourth-order valence-electron chi connectivity index (χ4n) is 3.83. The molecule has 2 amide bonds. The Morgan fingerprint density at radius 2 is 2.04 bits per heavy atom. The van der Waals surface area contributed by atoms with Gasteiger partial charge in [0.05, 0.1) is 24.4 Å². The third-order valence-electron chi connectivity index (χ3n) is 5.17.